The van der Waals surface area contributed by atoms with Crippen LogP contribution in [-0.2, 0) is 9.59 Å². The van der Waals surface area contributed by atoms with Gasteiger partial charge in [0, 0.05) is 24.1 Å². The van der Waals surface area contributed by atoms with E-state index in [9.17, 15) is 19.5 Å². The summed E-state index contributed by atoms with van der Waals surface area (Å²) >= 11 is 0. The number of aliphatic hydroxyl groups is 1. The molecule has 2 amide bonds. The minimum absolute atomic E-state index is 0.0619. The number of carbonyl (C=O) groups is 2. The number of benzene rings is 2. The molecule has 0 aliphatic heterocycles. The highest BCUT2D eigenvalue weighted by Crippen LogP contribution is 2.33. The number of rotatable bonds is 13. The van der Waals surface area contributed by atoms with Gasteiger partial charge in [-0.15, -0.1) is 0 Å². The summed E-state index contributed by atoms with van der Waals surface area (Å²) in [5, 5.41) is 16.6. The molecule has 0 saturated heterocycles. The molecule has 186 valence electrons. The monoisotopic (exact) mass is 478 g/mol. The van der Waals surface area contributed by atoms with Gasteiger partial charge >= 0.3 is 0 Å². The Kier molecular flexibility index (Phi) is 9.20. The number of hydrogen-bond donors (Lipinski definition) is 3. The van der Waals surface area contributed by atoms with Gasteiger partial charge in [-0.1, -0.05) is 69.3 Å². The maximum Gasteiger partial charge on any atom is 0.257 e. The lowest BCUT2D eigenvalue weighted by molar-refractivity contribution is -0.123. The van der Waals surface area contributed by atoms with E-state index in [0.717, 1.165) is 5.56 Å². The highest BCUT2D eigenvalue weighted by Gasteiger charge is 2.36. The van der Waals surface area contributed by atoms with Crippen LogP contribution >= 0.6 is 0 Å². The molecule has 3 aromatic carbocycles. The molecule has 7 heteroatoms. The first-order valence-corrected chi connectivity index (χ1v) is 12.0. The molecule has 0 aliphatic rings. The van der Waals surface area contributed by atoms with Crippen LogP contribution in [0.3, 0.4) is 0 Å². The molecule has 3 atom stereocenters. The van der Waals surface area contributed by atoms with Gasteiger partial charge in [0.2, 0.25) is 5.91 Å². The quantitative estimate of drug-likeness (QED) is 0.349. The van der Waals surface area contributed by atoms with Gasteiger partial charge in [0.1, 0.15) is 11.9 Å². The molecule has 0 bridgehead atoms. The topological polar surface area (TPSA) is 105 Å². The molecule has 0 heterocycles. The Morgan fingerprint density at radius 2 is 1.57 bits per heavy atom. The maximum absolute atomic E-state index is 12.6. The predicted molar refractivity (Wildman–Crippen MR) is 136 cm³/mol. The highest BCUT2D eigenvalue weighted by molar-refractivity contribution is 5.79. The summed E-state index contributed by atoms with van der Waals surface area (Å²) in [6.45, 7) is 6.13. The smallest absolute Gasteiger partial charge is 0.257 e. The molecule has 3 rings (SSSR count). The van der Waals surface area contributed by atoms with E-state index in [-0.39, 0.29) is 42.1 Å². The number of ether oxygens (including phenoxy) is 1. The lowest BCUT2D eigenvalue weighted by Gasteiger charge is -2.26. The number of hydrogen-bond acceptors (Lipinski definition) is 5. The van der Waals surface area contributed by atoms with Gasteiger partial charge in [0.05, 0.1) is 6.04 Å². The van der Waals surface area contributed by atoms with E-state index >= 15 is 0 Å². The number of amides is 2. The van der Waals surface area contributed by atoms with Crippen molar-refractivity contribution in [2.75, 3.05) is 13.2 Å². The molecule has 0 aliphatic carbocycles. The zero-order valence-corrected chi connectivity index (χ0v) is 20.5. The summed E-state index contributed by atoms with van der Waals surface area (Å²) < 4.78 is 5.43. The average molecular weight is 479 g/mol. The summed E-state index contributed by atoms with van der Waals surface area (Å²) in [5.41, 5.74) is 1.55. The first-order chi connectivity index (χ1) is 16.8. The Labute approximate surface area is 206 Å². The Bertz CT molecular complexity index is 1100. The third kappa shape index (κ3) is 7.52. The lowest BCUT2D eigenvalue weighted by Crippen LogP contribution is -2.43. The predicted octanol–water partition coefficient (Wildman–Crippen LogP) is 3.38. The summed E-state index contributed by atoms with van der Waals surface area (Å²) in [6.07, 6.45) is -0.224. The summed E-state index contributed by atoms with van der Waals surface area (Å²) in [5.74, 6) is 0.247. The fraction of sp³-hybridized carbons (Fsp3) is 0.393. The van der Waals surface area contributed by atoms with Crippen molar-refractivity contribution in [2.24, 2.45) is 11.8 Å². The van der Waals surface area contributed by atoms with Crippen LogP contribution in [-0.4, -0.2) is 36.1 Å². The van der Waals surface area contributed by atoms with Crippen molar-refractivity contribution >= 4 is 11.8 Å². The average Bonchev–Trinajstić information content (AvgIpc) is 3.54. The highest BCUT2D eigenvalue weighted by atomic mass is 16.5. The second-order valence-electron chi connectivity index (χ2n) is 9.32. The van der Waals surface area contributed by atoms with Gasteiger partial charge in [-0.3, -0.25) is 14.4 Å². The molecular weight excluding hydrogens is 444 g/mol. The van der Waals surface area contributed by atoms with Crippen LogP contribution in [0.25, 0.3) is 11.1 Å². The molecule has 0 fully saturated rings. The Morgan fingerprint density at radius 3 is 2.20 bits per heavy atom. The molecule has 3 N–H and O–H groups in total. The minimum Gasteiger partial charge on any atom is -0.484 e. The molecule has 0 radical (unpaired) electrons. The molecular formula is C28H34N2O5. The van der Waals surface area contributed by atoms with Crippen LogP contribution in [0.4, 0.5) is 0 Å². The summed E-state index contributed by atoms with van der Waals surface area (Å²) in [7, 11) is 0. The molecule has 0 unspecified atom stereocenters. The van der Waals surface area contributed by atoms with Crippen LogP contribution in [0, 0.1) is 11.8 Å². The van der Waals surface area contributed by atoms with Gasteiger partial charge in [-0.25, -0.2) is 0 Å². The van der Waals surface area contributed by atoms with E-state index in [1.165, 1.54) is 0 Å². The molecule has 0 saturated carbocycles. The summed E-state index contributed by atoms with van der Waals surface area (Å²) in [4.78, 5) is 37.0. The van der Waals surface area contributed by atoms with Crippen molar-refractivity contribution in [1.82, 2.24) is 10.6 Å². The van der Waals surface area contributed by atoms with Crippen LogP contribution < -0.4 is 20.8 Å². The van der Waals surface area contributed by atoms with Gasteiger partial charge in [-0.2, -0.15) is 0 Å². The molecule has 7 nitrogen and oxygen atoms in total. The molecule has 0 aromatic heterocycles. The Balaban J connectivity index is 1.42. The number of para-hydroxylation sites is 1. The number of aliphatic hydroxyl groups excluding tert-OH is 1. The maximum atomic E-state index is 12.6. The first-order valence-electron chi connectivity index (χ1n) is 12.0. The van der Waals surface area contributed by atoms with E-state index in [2.05, 4.69) is 10.6 Å². The van der Waals surface area contributed by atoms with Crippen LogP contribution in [0.5, 0.6) is 5.75 Å². The minimum atomic E-state index is -1.05. The largest absolute Gasteiger partial charge is 0.484 e. The SMILES string of the molecule is CC(C)[C@H](NC(=O)CC[C@H](C)CNC(=O)COc1ccccc1)[C@@H](O)c1c(-c2ccccc2)c1=O. The second-order valence-corrected chi connectivity index (χ2v) is 9.32. The van der Waals surface area contributed by atoms with Crippen molar-refractivity contribution in [1.29, 1.82) is 0 Å². The van der Waals surface area contributed by atoms with Gasteiger partial charge in [0.25, 0.3) is 5.91 Å². The first kappa shape index (κ1) is 26.2. The van der Waals surface area contributed by atoms with E-state index in [4.69, 9.17) is 4.74 Å². The zero-order chi connectivity index (χ0) is 25.4. The Morgan fingerprint density at radius 1 is 0.943 bits per heavy atom. The normalized spacial score (nSPS) is 13.9. The number of carbonyl (C=O) groups excluding carboxylic acids is 2. The van der Waals surface area contributed by atoms with Crippen LogP contribution in [0.1, 0.15) is 45.3 Å². The van der Waals surface area contributed by atoms with E-state index in [0.29, 0.717) is 29.8 Å². The third-order valence-corrected chi connectivity index (χ3v) is 6.05. The molecule has 0 spiro atoms. The van der Waals surface area contributed by atoms with Crippen LogP contribution in [0.15, 0.2) is 65.5 Å². The van der Waals surface area contributed by atoms with Crippen LogP contribution in [0.2, 0.25) is 0 Å². The van der Waals surface area contributed by atoms with Crippen molar-refractivity contribution in [3.05, 3.63) is 76.5 Å². The van der Waals surface area contributed by atoms with Crippen molar-refractivity contribution in [3.8, 4) is 16.9 Å². The third-order valence-electron chi connectivity index (χ3n) is 6.05. The lowest BCUT2D eigenvalue weighted by atomic mass is 9.95. The Hall–Kier alpha value is -3.45. The van der Waals surface area contributed by atoms with E-state index < -0.39 is 12.1 Å². The van der Waals surface area contributed by atoms with Crippen molar-refractivity contribution in [2.45, 2.75) is 45.8 Å². The fourth-order valence-corrected chi connectivity index (χ4v) is 3.89. The summed E-state index contributed by atoms with van der Waals surface area (Å²) in [6, 6.07) is 17.8. The van der Waals surface area contributed by atoms with Crippen molar-refractivity contribution < 1.29 is 19.4 Å². The van der Waals surface area contributed by atoms with E-state index in [1.54, 1.807) is 12.1 Å². The standard InChI is InChI=1S/C28H34N2O5/c1-18(2)26(28(34)25-24(27(25)33)20-10-6-4-7-11-20)30-22(31)15-14-19(3)16-29-23(32)17-35-21-12-8-5-9-13-21/h4-13,18-19,26,28,34H,14-17H2,1-3H3,(H,29,32)(H,30,31)/t19-,26-,28-/m0/s1. The number of nitrogens with one attached hydrogen (secondary N) is 2. The van der Waals surface area contributed by atoms with Gasteiger partial charge in [0.15, 0.2) is 12.0 Å². The molecule has 3 aromatic rings. The van der Waals surface area contributed by atoms with Gasteiger partial charge in [-0.05, 0) is 36.0 Å². The van der Waals surface area contributed by atoms with E-state index in [1.807, 2.05) is 69.3 Å². The van der Waals surface area contributed by atoms with Gasteiger partial charge < -0.3 is 20.5 Å². The zero-order valence-electron chi connectivity index (χ0n) is 20.5. The second kappa shape index (κ2) is 12.3. The molecule has 35 heavy (non-hydrogen) atoms. The van der Waals surface area contributed by atoms with Crippen molar-refractivity contribution in [3.63, 3.8) is 0 Å². The fourth-order valence-electron chi connectivity index (χ4n) is 3.89.